The molecule has 0 aliphatic heterocycles. The predicted octanol–water partition coefficient (Wildman–Crippen LogP) is 2.50. The lowest BCUT2D eigenvalue weighted by atomic mass is 10.2. The van der Waals surface area contributed by atoms with Gasteiger partial charge < -0.3 is 0 Å². The largest absolute Gasteiger partial charge is 0.296 e. The highest BCUT2D eigenvalue weighted by Gasteiger charge is 2.12. The van der Waals surface area contributed by atoms with Gasteiger partial charge in [0, 0.05) is 18.2 Å². The summed E-state index contributed by atoms with van der Waals surface area (Å²) in [6, 6.07) is 3.28. The average Bonchev–Trinajstić information content (AvgIpc) is 3.27. The molecule has 1 N–H and O–H groups in total. The zero-order valence-corrected chi connectivity index (χ0v) is 14.0. The van der Waals surface area contributed by atoms with E-state index < -0.39 is 0 Å². The van der Waals surface area contributed by atoms with E-state index in [4.69, 9.17) is 0 Å². The molecule has 0 radical (unpaired) electrons. The van der Waals surface area contributed by atoms with Crippen molar-refractivity contribution >= 4 is 22.4 Å². The Morgan fingerprint density at radius 3 is 3.04 bits per heavy atom. The number of carbonyl (C=O) groups excluding carboxylic acids is 1. The van der Waals surface area contributed by atoms with Crippen LogP contribution in [0, 0.1) is 0 Å². The van der Waals surface area contributed by atoms with E-state index in [1.807, 2.05) is 0 Å². The number of anilines is 1. The molecule has 0 bridgehead atoms. The van der Waals surface area contributed by atoms with E-state index in [1.54, 1.807) is 18.3 Å². The molecule has 3 aromatic rings. The molecule has 3 rings (SSSR count). The van der Waals surface area contributed by atoms with E-state index >= 15 is 0 Å². The zero-order valence-electron chi connectivity index (χ0n) is 13.2. The molecule has 24 heavy (non-hydrogen) atoms. The predicted molar refractivity (Wildman–Crippen MR) is 90.2 cm³/mol. The molecule has 8 nitrogen and oxygen atoms in total. The molecule has 0 atom stereocenters. The first kappa shape index (κ1) is 16.2. The molecule has 3 heterocycles. The van der Waals surface area contributed by atoms with Gasteiger partial charge in [0.2, 0.25) is 5.13 Å². The minimum absolute atomic E-state index is 0.255. The van der Waals surface area contributed by atoms with Crippen molar-refractivity contribution < 1.29 is 4.79 Å². The van der Waals surface area contributed by atoms with Crippen LogP contribution in [0.1, 0.15) is 41.6 Å². The van der Waals surface area contributed by atoms with Crippen LogP contribution in [0.4, 0.5) is 5.13 Å². The highest BCUT2D eigenvalue weighted by atomic mass is 32.1. The first-order valence-electron chi connectivity index (χ1n) is 7.71. The number of aromatic nitrogens is 6. The second-order valence-corrected chi connectivity index (χ2v) is 6.22. The summed E-state index contributed by atoms with van der Waals surface area (Å²) in [6.07, 6.45) is 8.81. The molecule has 1 amide bonds. The standard InChI is InChI=1S/C15H17N7OS/c1-2-3-4-5-13-20-21-15(24-13)19-14(23)11-6-7-17-12(8-11)22-10-16-9-18-22/h6-10H,2-5H2,1H3,(H,19,21,23). The molecule has 0 unspecified atom stereocenters. The number of rotatable bonds is 7. The van der Waals surface area contributed by atoms with Gasteiger partial charge in [-0.2, -0.15) is 5.10 Å². The van der Waals surface area contributed by atoms with E-state index in [9.17, 15) is 4.79 Å². The molecule has 0 aliphatic rings. The third kappa shape index (κ3) is 3.99. The van der Waals surface area contributed by atoms with Crippen molar-refractivity contribution in [2.45, 2.75) is 32.6 Å². The Hall–Kier alpha value is -2.68. The van der Waals surface area contributed by atoms with Crippen LogP contribution in [0.15, 0.2) is 31.0 Å². The van der Waals surface area contributed by atoms with Gasteiger partial charge in [-0.3, -0.25) is 10.1 Å². The van der Waals surface area contributed by atoms with Crippen LogP contribution in [0.2, 0.25) is 0 Å². The van der Waals surface area contributed by atoms with Gasteiger partial charge in [0.15, 0.2) is 5.82 Å². The van der Waals surface area contributed by atoms with Crippen molar-refractivity contribution in [3.63, 3.8) is 0 Å². The van der Waals surface area contributed by atoms with Crippen molar-refractivity contribution in [2.75, 3.05) is 5.32 Å². The third-order valence-electron chi connectivity index (χ3n) is 3.34. The summed E-state index contributed by atoms with van der Waals surface area (Å²) in [7, 11) is 0. The van der Waals surface area contributed by atoms with Gasteiger partial charge in [0.1, 0.15) is 17.7 Å². The van der Waals surface area contributed by atoms with E-state index in [0.29, 0.717) is 16.5 Å². The Kier molecular flexibility index (Phi) is 5.22. The number of amides is 1. The molecule has 0 saturated carbocycles. The normalized spacial score (nSPS) is 10.7. The monoisotopic (exact) mass is 343 g/mol. The molecule has 124 valence electrons. The number of pyridine rings is 1. The van der Waals surface area contributed by atoms with Crippen LogP contribution in [-0.4, -0.2) is 35.9 Å². The van der Waals surface area contributed by atoms with Crippen LogP contribution < -0.4 is 5.32 Å². The van der Waals surface area contributed by atoms with Crippen LogP contribution in [0.5, 0.6) is 0 Å². The van der Waals surface area contributed by atoms with E-state index in [0.717, 1.165) is 17.8 Å². The Balaban J connectivity index is 1.66. The second kappa shape index (κ2) is 7.73. The summed E-state index contributed by atoms with van der Waals surface area (Å²) in [6.45, 7) is 2.16. The van der Waals surface area contributed by atoms with Crippen molar-refractivity contribution in [3.05, 3.63) is 41.6 Å². The molecular weight excluding hydrogens is 326 g/mol. The maximum absolute atomic E-state index is 12.4. The van der Waals surface area contributed by atoms with Crippen LogP contribution in [-0.2, 0) is 6.42 Å². The Morgan fingerprint density at radius 1 is 1.33 bits per heavy atom. The summed E-state index contributed by atoms with van der Waals surface area (Å²) in [5, 5.41) is 16.4. The summed E-state index contributed by atoms with van der Waals surface area (Å²) in [5.41, 5.74) is 0.471. The average molecular weight is 343 g/mol. The highest BCUT2D eigenvalue weighted by molar-refractivity contribution is 7.15. The second-order valence-electron chi connectivity index (χ2n) is 5.15. The lowest BCUT2D eigenvalue weighted by Gasteiger charge is -2.03. The summed E-state index contributed by atoms with van der Waals surface area (Å²) >= 11 is 1.41. The molecule has 0 fully saturated rings. The van der Waals surface area contributed by atoms with Gasteiger partial charge in [-0.05, 0) is 18.6 Å². The number of nitrogens with one attached hydrogen (secondary N) is 1. The van der Waals surface area contributed by atoms with Crippen LogP contribution in [0.25, 0.3) is 5.82 Å². The van der Waals surface area contributed by atoms with Crippen molar-refractivity contribution in [2.24, 2.45) is 0 Å². The number of hydrogen-bond donors (Lipinski definition) is 1. The van der Waals surface area contributed by atoms with E-state index in [-0.39, 0.29) is 5.91 Å². The maximum atomic E-state index is 12.4. The molecule has 0 spiro atoms. The summed E-state index contributed by atoms with van der Waals surface area (Å²) < 4.78 is 1.49. The Bertz CT molecular complexity index is 800. The molecular formula is C15H17N7OS. The van der Waals surface area contributed by atoms with Gasteiger partial charge in [-0.1, -0.05) is 31.1 Å². The topological polar surface area (TPSA) is 98.5 Å². The maximum Gasteiger partial charge on any atom is 0.257 e. The number of carbonyl (C=O) groups is 1. The number of nitrogens with zero attached hydrogens (tertiary/aromatic N) is 6. The van der Waals surface area contributed by atoms with Crippen molar-refractivity contribution in [3.8, 4) is 5.82 Å². The Labute approximate surface area is 143 Å². The highest BCUT2D eigenvalue weighted by Crippen LogP contribution is 2.18. The fraction of sp³-hybridized carbons (Fsp3) is 0.333. The van der Waals surface area contributed by atoms with Crippen molar-refractivity contribution in [1.29, 1.82) is 0 Å². The molecule has 0 aromatic carbocycles. The fourth-order valence-corrected chi connectivity index (χ4v) is 2.89. The SMILES string of the molecule is CCCCCc1nnc(NC(=O)c2ccnc(-n3cncn3)c2)s1. The minimum atomic E-state index is -0.255. The number of hydrogen-bond acceptors (Lipinski definition) is 7. The van der Waals surface area contributed by atoms with E-state index in [1.165, 1.54) is 41.5 Å². The molecule has 0 saturated heterocycles. The fourth-order valence-electron chi connectivity index (χ4n) is 2.11. The number of aryl methyl sites for hydroxylation is 1. The van der Waals surface area contributed by atoms with Gasteiger partial charge in [0.25, 0.3) is 5.91 Å². The molecule has 3 aromatic heterocycles. The van der Waals surface area contributed by atoms with Gasteiger partial charge in [-0.25, -0.2) is 14.6 Å². The summed E-state index contributed by atoms with van der Waals surface area (Å²) in [5.74, 6) is 0.271. The lowest BCUT2D eigenvalue weighted by molar-refractivity contribution is 0.102. The van der Waals surface area contributed by atoms with Crippen LogP contribution >= 0.6 is 11.3 Å². The third-order valence-corrected chi connectivity index (χ3v) is 4.24. The first-order valence-corrected chi connectivity index (χ1v) is 8.52. The van der Waals surface area contributed by atoms with E-state index in [2.05, 4.69) is 37.5 Å². The molecule has 9 heteroatoms. The van der Waals surface area contributed by atoms with Gasteiger partial charge in [-0.15, -0.1) is 10.2 Å². The zero-order chi connectivity index (χ0) is 16.8. The Morgan fingerprint density at radius 2 is 2.25 bits per heavy atom. The molecule has 0 aliphatic carbocycles. The smallest absolute Gasteiger partial charge is 0.257 e. The van der Waals surface area contributed by atoms with Gasteiger partial charge in [0.05, 0.1) is 0 Å². The van der Waals surface area contributed by atoms with Crippen LogP contribution in [0.3, 0.4) is 0 Å². The number of unbranched alkanes of at least 4 members (excludes halogenated alkanes) is 2. The minimum Gasteiger partial charge on any atom is -0.296 e. The van der Waals surface area contributed by atoms with Gasteiger partial charge >= 0.3 is 0 Å². The summed E-state index contributed by atoms with van der Waals surface area (Å²) in [4.78, 5) is 20.4. The lowest BCUT2D eigenvalue weighted by Crippen LogP contribution is -2.12. The quantitative estimate of drug-likeness (QED) is 0.662. The van der Waals surface area contributed by atoms with Crippen molar-refractivity contribution in [1.82, 2.24) is 29.9 Å². The first-order chi connectivity index (χ1) is 11.8.